The predicted molar refractivity (Wildman–Crippen MR) is 32.7 cm³/mol. The van der Waals surface area contributed by atoms with Crippen LogP contribution in [0.4, 0.5) is 0 Å². The van der Waals surface area contributed by atoms with Gasteiger partial charge in [0.2, 0.25) is 0 Å². The Hall–Kier alpha value is 0.210. The molecule has 0 unspecified atom stereocenters. The molecule has 0 aromatic heterocycles. The second kappa shape index (κ2) is 11.1. The topological polar surface area (TPSA) is 34.1 Å². The Morgan fingerprint density at radius 2 is 0.778 bits per heavy atom. The van der Waals surface area contributed by atoms with Gasteiger partial charge in [-0.3, -0.25) is 0 Å². The van der Waals surface area contributed by atoms with Crippen molar-refractivity contribution in [2.75, 3.05) is 0 Å². The molecular weight excluding hydrogens is 283 g/mol. The summed E-state index contributed by atoms with van der Waals surface area (Å²) in [6, 6.07) is 0. The molecule has 0 bridgehead atoms. The predicted octanol–water partition coefficient (Wildman–Crippen LogP) is 1.19. The molecule has 0 amide bonds. The van der Waals surface area contributed by atoms with Gasteiger partial charge >= 0.3 is 0 Å². The van der Waals surface area contributed by atoms with Gasteiger partial charge in [-0.15, -0.1) is 0 Å². The van der Waals surface area contributed by atoms with Gasteiger partial charge in [-0.05, 0) is 27.7 Å². The number of rotatable bonds is 0. The van der Waals surface area contributed by atoms with Crippen LogP contribution in [-0.4, -0.2) is 11.6 Å². The van der Waals surface area contributed by atoms with E-state index in [9.17, 15) is 9.59 Å². The molecule has 0 aromatic rings. The second-order valence-corrected chi connectivity index (χ2v) is 1.82. The maximum Gasteiger partial charge on any atom is 0.126 e. The molecule has 0 atom stereocenters. The van der Waals surface area contributed by atoms with Gasteiger partial charge in [-0.1, -0.05) is 0 Å². The van der Waals surface area contributed by atoms with E-state index in [1.165, 1.54) is 27.7 Å². The number of carbonyl (C=O) groups is 2. The fourth-order valence-electron chi connectivity index (χ4n) is 0. The second-order valence-electron chi connectivity index (χ2n) is 1.82. The number of carbonyl (C=O) groups excluding carboxylic acids is 2. The van der Waals surface area contributed by atoms with E-state index in [0.717, 1.165) is 0 Å². The van der Waals surface area contributed by atoms with Crippen LogP contribution < -0.4 is 0 Å². The van der Waals surface area contributed by atoms with Crippen LogP contribution in [0.3, 0.4) is 0 Å². The third kappa shape index (κ3) is 7170. The molecule has 0 spiro atoms. The zero-order valence-corrected chi connectivity index (χ0v) is 9.91. The van der Waals surface area contributed by atoms with Gasteiger partial charge in [0.1, 0.15) is 11.6 Å². The molecule has 0 heterocycles. The van der Waals surface area contributed by atoms with Gasteiger partial charge < -0.3 is 9.59 Å². The van der Waals surface area contributed by atoms with E-state index >= 15 is 0 Å². The summed E-state index contributed by atoms with van der Waals surface area (Å²) in [5, 5.41) is 0. The SMILES string of the molecule is CC(C)=O.CC(C)=O.[Hf]. The van der Waals surface area contributed by atoms with Crippen LogP contribution in [0.15, 0.2) is 0 Å². The quantitative estimate of drug-likeness (QED) is 0.629. The van der Waals surface area contributed by atoms with Gasteiger partial charge in [-0.2, -0.15) is 0 Å². The summed E-state index contributed by atoms with van der Waals surface area (Å²) in [6.45, 7) is 6.11. The van der Waals surface area contributed by atoms with Crippen molar-refractivity contribution in [2.45, 2.75) is 27.7 Å². The van der Waals surface area contributed by atoms with Crippen molar-refractivity contribution < 1.29 is 35.4 Å². The summed E-state index contributed by atoms with van der Waals surface area (Å²) < 4.78 is 0. The maximum absolute atomic E-state index is 9.44. The molecule has 2 nitrogen and oxygen atoms in total. The molecule has 0 aliphatic rings. The Balaban J connectivity index is -0.0000000720. The van der Waals surface area contributed by atoms with Gasteiger partial charge in [0.15, 0.2) is 0 Å². The van der Waals surface area contributed by atoms with E-state index in [1.807, 2.05) is 0 Å². The van der Waals surface area contributed by atoms with Crippen LogP contribution in [0.5, 0.6) is 0 Å². The van der Waals surface area contributed by atoms with Crippen LogP contribution in [0.25, 0.3) is 0 Å². The van der Waals surface area contributed by atoms with Crippen molar-refractivity contribution in [3.8, 4) is 0 Å². The Morgan fingerprint density at radius 3 is 0.778 bits per heavy atom. The Morgan fingerprint density at radius 1 is 0.778 bits per heavy atom. The smallest absolute Gasteiger partial charge is 0.126 e. The summed E-state index contributed by atoms with van der Waals surface area (Å²) in [5.41, 5.74) is 0. The largest absolute Gasteiger partial charge is 0.300 e. The van der Waals surface area contributed by atoms with Crippen molar-refractivity contribution in [3.05, 3.63) is 0 Å². The van der Waals surface area contributed by atoms with E-state index in [4.69, 9.17) is 0 Å². The molecule has 9 heavy (non-hydrogen) atoms. The average molecular weight is 295 g/mol. The molecule has 0 rings (SSSR count). The fraction of sp³-hybridized carbons (Fsp3) is 0.667. The van der Waals surface area contributed by atoms with Gasteiger partial charge in [0.05, 0.1) is 0 Å². The van der Waals surface area contributed by atoms with Crippen LogP contribution in [-0.2, 0) is 35.4 Å². The van der Waals surface area contributed by atoms with Gasteiger partial charge in [0, 0.05) is 25.8 Å². The minimum Gasteiger partial charge on any atom is -0.300 e. The number of hydrogen-bond acceptors (Lipinski definition) is 2. The van der Waals surface area contributed by atoms with E-state index in [0.29, 0.717) is 0 Å². The fourth-order valence-corrected chi connectivity index (χ4v) is 0. The van der Waals surface area contributed by atoms with Gasteiger partial charge in [-0.25, -0.2) is 0 Å². The maximum atomic E-state index is 9.44. The Bertz CT molecular complexity index is 69.1. The first-order valence-corrected chi connectivity index (χ1v) is 2.41. The van der Waals surface area contributed by atoms with Crippen molar-refractivity contribution in [3.63, 3.8) is 0 Å². The van der Waals surface area contributed by atoms with Crippen molar-refractivity contribution in [1.29, 1.82) is 0 Å². The molecule has 0 aliphatic carbocycles. The Kier molecular flexibility index (Phi) is 19.8. The molecule has 0 aliphatic heterocycles. The summed E-state index contributed by atoms with van der Waals surface area (Å²) in [5.74, 6) is 0.333. The summed E-state index contributed by atoms with van der Waals surface area (Å²) in [6.07, 6.45) is 0. The van der Waals surface area contributed by atoms with E-state index in [-0.39, 0.29) is 37.4 Å². The van der Waals surface area contributed by atoms with Crippen LogP contribution in [0, 0.1) is 0 Å². The van der Waals surface area contributed by atoms with Crippen LogP contribution in [0.1, 0.15) is 27.7 Å². The standard InChI is InChI=1S/2C3H6O.Hf/c2*1-3(2)4;/h2*1-2H3;. The van der Waals surface area contributed by atoms with Gasteiger partial charge in [0.25, 0.3) is 0 Å². The summed E-state index contributed by atoms with van der Waals surface area (Å²) in [4.78, 5) is 18.9. The first-order chi connectivity index (χ1) is 3.46. The molecule has 52 valence electrons. The van der Waals surface area contributed by atoms with Crippen molar-refractivity contribution in [2.24, 2.45) is 0 Å². The van der Waals surface area contributed by atoms with E-state index in [2.05, 4.69) is 0 Å². The van der Waals surface area contributed by atoms with Crippen LogP contribution >= 0.6 is 0 Å². The summed E-state index contributed by atoms with van der Waals surface area (Å²) >= 11 is 0. The molecule has 0 aromatic carbocycles. The number of Topliss-reactive ketones (excluding diaryl/α,β-unsaturated/α-hetero) is 2. The Labute approximate surface area is 74.8 Å². The normalized spacial score (nSPS) is 5.78. The van der Waals surface area contributed by atoms with E-state index in [1.54, 1.807) is 0 Å². The summed E-state index contributed by atoms with van der Waals surface area (Å²) in [7, 11) is 0. The molecule has 0 saturated heterocycles. The monoisotopic (exact) mass is 296 g/mol. The number of ketones is 2. The molecular formula is C6H12HfO2. The van der Waals surface area contributed by atoms with E-state index < -0.39 is 0 Å². The molecule has 0 saturated carbocycles. The molecule has 0 fully saturated rings. The first-order valence-electron chi connectivity index (χ1n) is 2.41. The third-order valence-electron chi connectivity index (χ3n) is 0. The first kappa shape index (κ1) is 16.1. The average Bonchev–Trinajstić information content (AvgIpc) is 1.25. The van der Waals surface area contributed by atoms with Crippen LogP contribution in [0.2, 0.25) is 0 Å². The zero-order valence-electron chi connectivity index (χ0n) is 6.32. The molecule has 3 heteroatoms. The number of hydrogen-bond donors (Lipinski definition) is 0. The van der Waals surface area contributed by atoms with Crippen molar-refractivity contribution in [1.82, 2.24) is 0 Å². The van der Waals surface area contributed by atoms with Crippen molar-refractivity contribution >= 4 is 11.6 Å². The minimum atomic E-state index is 0. The zero-order chi connectivity index (χ0) is 7.15. The molecule has 0 N–H and O–H groups in total. The third-order valence-corrected chi connectivity index (χ3v) is 0. The molecule has 0 radical (unpaired) electrons. The minimum absolute atomic E-state index is 0.